The van der Waals surface area contributed by atoms with Crippen molar-refractivity contribution in [3.8, 4) is 6.07 Å². The molecule has 0 fully saturated rings. The van der Waals surface area contributed by atoms with E-state index in [1.165, 1.54) is 18.3 Å². The van der Waals surface area contributed by atoms with Crippen LogP contribution >= 0.6 is 0 Å². The molecule has 5 nitrogen and oxygen atoms in total. The molecule has 0 aliphatic rings. The van der Waals surface area contributed by atoms with Crippen molar-refractivity contribution in [2.24, 2.45) is 5.73 Å². The molecular formula is C8H7N3O2. The normalized spacial score (nSPS) is 11.7. The number of aromatic nitrogens is 1. The molecule has 0 bridgehead atoms. The molecule has 1 atom stereocenters. The summed E-state index contributed by atoms with van der Waals surface area (Å²) in [5, 5.41) is 17.0. The highest BCUT2D eigenvalue weighted by molar-refractivity contribution is 5.74. The van der Waals surface area contributed by atoms with E-state index >= 15 is 0 Å². The average Bonchev–Trinajstić information content (AvgIpc) is 2.17. The van der Waals surface area contributed by atoms with Crippen molar-refractivity contribution in [2.45, 2.75) is 6.04 Å². The van der Waals surface area contributed by atoms with Crippen LogP contribution in [0.1, 0.15) is 17.3 Å². The lowest BCUT2D eigenvalue weighted by Gasteiger charge is -2.04. The molecule has 66 valence electrons. The van der Waals surface area contributed by atoms with Crippen LogP contribution in [0.5, 0.6) is 0 Å². The van der Waals surface area contributed by atoms with Gasteiger partial charge in [0, 0.05) is 6.20 Å². The number of hydrogen-bond donors (Lipinski definition) is 2. The zero-order valence-electron chi connectivity index (χ0n) is 6.64. The lowest BCUT2D eigenvalue weighted by atomic mass is 10.2. The van der Waals surface area contributed by atoms with E-state index in [1.54, 1.807) is 0 Å². The topological polar surface area (TPSA) is 100 Å². The Morgan fingerprint density at radius 2 is 2.38 bits per heavy atom. The van der Waals surface area contributed by atoms with E-state index in [0.29, 0.717) is 5.56 Å². The molecule has 1 heterocycles. The zero-order chi connectivity index (χ0) is 9.84. The van der Waals surface area contributed by atoms with E-state index in [9.17, 15) is 4.79 Å². The van der Waals surface area contributed by atoms with Gasteiger partial charge < -0.3 is 10.8 Å². The molecule has 1 rings (SSSR count). The fraction of sp³-hybridized carbons (Fsp3) is 0.125. The summed E-state index contributed by atoms with van der Waals surface area (Å²) in [6.07, 6.45) is 1.29. The summed E-state index contributed by atoms with van der Waals surface area (Å²) in [4.78, 5) is 14.2. The Morgan fingerprint density at radius 1 is 1.69 bits per heavy atom. The summed E-state index contributed by atoms with van der Waals surface area (Å²) >= 11 is 0. The summed E-state index contributed by atoms with van der Waals surface area (Å²) < 4.78 is 0. The van der Waals surface area contributed by atoms with E-state index in [1.807, 2.05) is 6.07 Å². The predicted octanol–water partition coefficient (Wildman–Crippen LogP) is 0.0377. The first kappa shape index (κ1) is 9.16. The fourth-order valence-corrected chi connectivity index (χ4v) is 0.782. The second-order valence-electron chi connectivity index (χ2n) is 2.40. The molecule has 5 heteroatoms. The third-order valence-electron chi connectivity index (χ3n) is 1.50. The molecule has 0 spiro atoms. The molecule has 13 heavy (non-hydrogen) atoms. The fourth-order valence-electron chi connectivity index (χ4n) is 0.782. The number of nitrogens with zero attached hydrogens (tertiary/aromatic N) is 2. The summed E-state index contributed by atoms with van der Waals surface area (Å²) in [6.45, 7) is 0. The van der Waals surface area contributed by atoms with Crippen molar-refractivity contribution in [3.05, 3.63) is 29.6 Å². The van der Waals surface area contributed by atoms with Gasteiger partial charge in [0.05, 0.1) is 11.3 Å². The van der Waals surface area contributed by atoms with Crippen LogP contribution in [0.3, 0.4) is 0 Å². The molecule has 0 aromatic carbocycles. The maximum atomic E-state index is 10.4. The minimum atomic E-state index is -1.14. The van der Waals surface area contributed by atoms with Gasteiger partial charge in [0.25, 0.3) is 0 Å². The molecule has 1 aromatic rings. The first-order valence-electron chi connectivity index (χ1n) is 3.49. The summed E-state index contributed by atoms with van der Waals surface area (Å²) in [6, 6.07) is 3.65. The summed E-state index contributed by atoms with van der Waals surface area (Å²) in [5.74, 6) is -1.14. The van der Waals surface area contributed by atoms with Crippen molar-refractivity contribution < 1.29 is 9.90 Å². The van der Waals surface area contributed by atoms with E-state index < -0.39 is 12.0 Å². The Balaban J connectivity index is 2.93. The van der Waals surface area contributed by atoms with E-state index in [2.05, 4.69) is 4.98 Å². The molecule has 0 amide bonds. The van der Waals surface area contributed by atoms with Crippen molar-refractivity contribution in [1.29, 1.82) is 5.26 Å². The zero-order valence-corrected chi connectivity index (χ0v) is 6.64. The van der Waals surface area contributed by atoms with E-state index in [4.69, 9.17) is 16.1 Å². The highest BCUT2D eigenvalue weighted by Crippen LogP contribution is 2.07. The Bertz CT molecular complexity index is 353. The third kappa shape index (κ3) is 2.01. The van der Waals surface area contributed by atoms with Crippen molar-refractivity contribution >= 4 is 5.97 Å². The number of pyridine rings is 1. The minimum absolute atomic E-state index is 0.242. The van der Waals surface area contributed by atoms with Gasteiger partial charge in [0.15, 0.2) is 0 Å². The van der Waals surface area contributed by atoms with E-state index in [0.717, 1.165) is 0 Å². The Hall–Kier alpha value is -1.93. The second kappa shape index (κ2) is 3.65. The summed E-state index contributed by atoms with van der Waals surface area (Å²) in [5.41, 5.74) is 5.90. The van der Waals surface area contributed by atoms with Gasteiger partial charge in [0.2, 0.25) is 0 Å². The smallest absolute Gasteiger partial charge is 0.326 e. The molecular weight excluding hydrogens is 170 g/mol. The van der Waals surface area contributed by atoms with E-state index in [-0.39, 0.29) is 5.69 Å². The van der Waals surface area contributed by atoms with Crippen molar-refractivity contribution in [2.75, 3.05) is 0 Å². The molecule has 0 aliphatic carbocycles. The second-order valence-corrected chi connectivity index (χ2v) is 2.40. The SMILES string of the molecule is N#Cc1ccc(C(N)C(=O)O)nc1. The molecule has 3 N–H and O–H groups in total. The molecule has 0 radical (unpaired) electrons. The monoisotopic (exact) mass is 177 g/mol. The Kier molecular flexibility index (Phi) is 2.57. The number of carbonyl (C=O) groups is 1. The number of hydrogen-bond acceptors (Lipinski definition) is 4. The van der Waals surface area contributed by atoms with Crippen LogP contribution < -0.4 is 5.73 Å². The van der Waals surface area contributed by atoms with Gasteiger partial charge in [0.1, 0.15) is 12.1 Å². The average molecular weight is 177 g/mol. The highest BCUT2D eigenvalue weighted by atomic mass is 16.4. The highest BCUT2D eigenvalue weighted by Gasteiger charge is 2.14. The molecule has 0 saturated heterocycles. The van der Waals surface area contributed by atoms with Gasteiger partial charge in [-0.3, -0.25) is 9.78 Å². The molecule has 1 unspecified atom stereocenters. The minimum Gasteiger partial charge on any atom is -0.480 e. The lowest BCUT2D eigenvalue weighted by molar-refractivity contribution is -0.138. The first-order valence-corrected chi connectivity index (χ1v) is 3.49. The van der Waals surface area contributed by atoms with Gasteiger partial charge >= 0.3 is 5.97 Å². The first-order chi connectivity index (χ1) is 6.15. The van der Waals surface area contributed by atoms with Gasteiger partial charge in [-0.05, 0) is 12.1 Å². The molecule has 1 aromatic heterocycles. The lowest BCUT2D eigenvalue weighted by Crippen LogP contribution is -2.21. The van der Waals surface area contributed by atoms with Gasteiger partial charge in [-0.25, -0.2) is 0 Å². The van der Waals surface area contributed by atoms with Crippen LogP contribution in [0, 0.1) is 11.3 Å². The van der Waals surface area contributed by atoms with Gasteiger partial charge in [-0.15, -0.1) is 0 Å². The number of carboxylic acids is 1. The number of aliphatic carboxylic acids is 1. The number of nitrogens with two attached hydrogens (primary N) is 1. The van der Waals surface area contributed by atoms with Crippen molar-refractivity contribution in [3.63, 3.8) is 0 Å². The predicted molar refractivity (Wildman–Crippen MR) is 43.5 cm³/mol. The maximum absolute atomic E-state index is 10.4. The van der Waals surface area contributed by atoms with Crippen LogP contribution in [0.4, 0.5) is 0 Å². The van der Waals surface area contributed by atoms with Gasteiger partial charge in [-0.2, -0.15) is 5.26 Å². The Labute approximate surface area is 74.4 Å². The van der Waals surface area contributed by atoms with Crippen LogP contribution in [0.2, 0.25) is 0 Å². The summed E-state index contributed by atoms with van der Waals surface area (Å²) in [7, 11) is 0. The van der Waals surface area contributed by atoms with Gasteiger partial charge in [-0.1, -0.05) is 0 Å². The standard InChI is InChI=1S/C8H7N3O2/c9-3-5-1-2-6(11-4-5)7(10)8(12)13/h1-2,4,7H,10H2,(H,12,13). The molecule has 0 saturated carbocycles. The third-order valence-corrected chi connectivity index (χ3v) is 1.50. The quantitative estimate of drug-likeness (QED) is 0.664. The number of rotatable bonds is 2. The van der Waals surface area contributed by atoms with Crippen LogP contribution in [-0.2, 0) is 4.79 Å². The largest absolute Gasteiger partial charge is 0.480 e. The number of nitriles is 1. The Morgan fingerprint density at radius 3 is 2.77 bits per heavy atom. The van der Waals surface area contributed by atoms with Crippen LogP contribution in [0.25, 0.3) is 0 Å². The number of carboxylic acid groups (broad SMARTS) is 1. The molecule has 0 aliphatic heterocycles. The van der Waals surface area contributed by atoms with Crippen LogP contribution in [0.15, 0.2) is 18.3 Å². The van der Waals surface area contributed by atoms with Crippen LogP contribution in [-0.4, -0.2) is 16.1 Å². The van der Waals surface area contributed by atoms with Crippen molar-refractivity contribution in [1.82, 2.24) is 4.98 Å². The maximum Gasteiger partial charge on any atom is 0.326 e.